The van der Waals surface area contributed by atoms with Gasteiger partial charge in [0.1, 0.15) is 5.60 Å². The molecule has 0 spiro atoms. The number of carbonyl (C=O) groups is 2. The van der Waals surface area contributed by atoms with Crippen LogP contribution in [0.1, 0.15) is 53.4 Å². The van der Waals surface area contributed by atoms with E-state index in [9.17, 15) is 19.8 Å². The molecule has 2 N–H and O–H groups in total. The van der Waals surface area contributed by atoms with Gasteiger partial charge in [0.2, 0.25) is 0 Å². The molecule has 108 valence electrons. The Balaban J connectivity index is 2.54. The molecule has 0 heterocycles. The first kappa shape index (κ1) is 14.5. The number of fused-ring (bicyclic) bond motifs is 1. The molecule has 0 aromatic rings. The van der Waals surface area contributed by atoms with Crippen LogP contribution in [-0.2, 0) is 9.59 Å². The number of aliphatic carboxylic acids is 1. The first-order valence-corrected chi connectivity index (χ1v) is 7.02. The average Bonchev–Trinajstić information content (AvgIpc) is 2.20. The number of aliphatic hydroxyl groups is 1. The van der Waals surface area contributed by atoms with Crippen molar-refractivity contribution in [3.8, 4) is 0 Å². The molecule has 4 heteroatoms. The average molecular weight is 268 g/mol. The highest BCUT2D eigenvalue weighted by Gasteiger charge is 2.64. The molecular formula is C15H24O4. The monoisotopic (exact) mass is 268 g/mol. The van der Waals surface area contributed by atoms with Crippen LogP contribution in [0.4, 0.5) is 0 Å². The van der Waals surface area contributed by atoms with Gasteiger partial charge in [0.15, 0.2) is 5.78 Å². The van der Waals surface area contributed by atoms with Gasteiger partial charge in [0.25, 0.3) is 0 Å². The molecule has 2 fully saturated rings. The molecular weight excluding hydrogens is 244 g/mol. The zero-order valence-electron chi connectivity index (χ0n) is 12.2. The van der Waals surface area contributed by atoms with E-state index in [1.54, 1.807) is 0 Å². The third kappa shape index (κ3) is 1.92. The lowest BCUT2D eigenvalue weighted by atomic mass is 9.45. The van der Waals surface area contributed by atoms with E-state index in [1.165, 1.54) is 6.92 Å². The zero-order valence-corrected chi connectivity index (χ0v) is 12.2. The second-order valence-electron chi connectivity index (χ2n) is 7.45. The van der Waals surface area contributed by atoms with Crippen molar-refractivity contribution < 1.29 is 19.8 Å². The van der Waals surface area contributed by atoms with Crippen molar-refractivity contribution in [1.82, 2.24) is 0 Å². The predicted molar refractivity (Wildman–Crippen MR) is 70.6 cm³/mol. The second-order valence-corrected chi connectivity index (χ2v) is 7.45. The summed E-state index contributed by atoms with van der Waals surface area (Å²) in [6.45, 7) is 7.54. The normalized spacial score (nSPS) is 45.6. The largest absolute Gasteiger partial charge is 0.481 e. The fourth-order valence-corrected chi connectivity index (χ4v) is 4.74. The van der Waals surface area contributed by atoms with Gasteiger partial charge in [-0.1, -0.05) is 27.2 Å². The summed E-state index contributed by atoms with van der Waals surface area (Å²) < 4.78 is 0. The Morgan fingerprint density at radius 2 is 1.79 bits per heavy atom. The Kier molecular flexibility index (Phi) is 3.09. The third-order valence-corrected chi connectivity index (χ3v) is 5.70. The molecule has 0 amide bonds. The fourth-order valence-electron chi connectivity index (χ4n) is 4.74. The van der Waals surface area contributed by atoms with Crippen molar-refractivity contribution in [3.63, 3.8) is 0 Å². The number of ketones is 1. The van der Waals surface area contributed by atoms with Gasteiger partial charge in [0.05, 0.1) is 5.92 Å². The van der Waals surface area contributed by atoms with Crippen LogP contribution in [-0.4, -0.2) is 27.6 Å². The van der Waals surface area contributed by atoms with Gasteiger partial charge < -0.3 is 10.2 Å². The van der Waals surface area contributed by atoms with Crippen molar-refractivity contribution in [3.05, 3.63) is 0 Å². The van der Waals surface area contributed by atoms with E-state index < -0.39 is 22.9 Å². The summed E-state index contributed by atoms with van der Waals surface area (Å²) in [6, 6.07) is 0. The minimum absolute atomic E-state index is 0.0302. The number of hydrogen-bond donors (Lipinski definition) is 2. The molecule has 2 aliphatic rings. The molecule has 0 saturated heterocycles. The van der Waals surface area contributed by atoms with E-state index in [4.69, 9.17) is 0 Å². The molecule has 0 aliphatic heterocycles. The van der Waals surface area contributed by atoms with Gasteiger partial charge in [-0.25, -0.2) is 0 Å². The number of carboxylic acid groups (broad SMARTS) is 1. The highest BCUT2D eigenvalue weighted by molar-refractivity contribution is 5.93. The van der Waals surface area contributed by atoms with Crippen molar-refractivity contribution in [2.24, 2.45) is 22.7 Å². The number of hydrogen-bond acceptors (Lipinski definition) is 3. The Morgan fingerprint density at radius 3 is 2.32 bits per heavy atom. The van der Waals surface area contributed by atoms with Crippen LogP contribution in [0.15, 0.2) is 0 Å². The lowest BCUT2D eigenvalue weighted by Crippen LogP contribution is -2.64. The summed E-state index contributed by atoms with van der Waals surface area (Å²) >= 11 is 0. The number of rotatable bonds is 1. The summed E-state index contributed by atoms with van der Waals surface area (Å²) in [5, 5.41) is 20.0. The molecule has 19 heavy (non-hydrogen) atoms. The second kappa shape index (κ2) is 4.05. The standard InChI is InChI=1S/C15H24O4/c1-13(2)6-5-7-14(3)9(13)8-10(16)15(4,19)11(14)12(17)18/h9,11,19H,5-8H2,1-4H3,(H,17,18)/t9-,11+,14-,15+/m0/s1. The molecule has 0 aromatic heterocycles. The predicted octanol–water partition coefficient (Wildman–Crippen LogP) is 2.24. The first-order chi connectivity index (χ1) is 8.53. The lowest BCUT2D eigenvalue weighted by molar-refractivity contribution is -0.195. The number of Topliss-reactive ketones (excluding diaryl/α,β-unsaturated/α-hetero) is 1. The van der Waals surface area contributed by atoms with Crippen LogP contribution in [0.5, 0.6) is 0 Å². The maximum Gasteiger partial charge on any atom is 0.310 e. The summed E-state index contributed by atoms with van der Waals surface area (Å²) in [6.07, 6.45) is 3.02. The third-order valence-electron chi connectivity index (χ3n) is 5.70. The molecule has 4 atom stereocenters. The summed E-state index contributed by atoms with van der Waals surface area (Å²) in [7, 11) is 0. The smallest absolute Gasteiger partial charge is 0.310 e. The molecule has 2 rings (SSSR count). The summed E-state index contributed by atoms with van der Waals surface area (Å²) in [5.41, 5.74) is -2.30. The highest BCUT2D eigenvalue weighted by atomic mass is 16.4. The minimum atomic E-state index is -1.75. The van der Waals surface area contributed by atoms with Gasteiger partial charge in [-0.05, 0) is 36.5 Å². The quantitative estimate of drug-likeness (QED) is 0.765. The van der Waals surface area contributed by atoms with Gasteiger partial charge >= 0.3 is 5.97 Å². The number of carbonyl (C=O) groups excluding carboxylic acids is 1. The molecule has 0 aromatic carbocycles. The molecule has 4 nitrogen and oxygen atoms in total. The van der Waals surface area contributed by atoms with E-state index >= 15 is 0 Å². The summed E-state index contributed by atoms with van der Waals surface area (Å²) in [5.74, 6) is -2.35. The van der Waals surface area contributed by atoms with Crippen LogP contribution < -0.4 is 0 Å². The zero-order chi connectivity index (χ0) is 14.6. The van der Waals surface area contributed by atoms with Crippen molar-refractivity contribution >= 4 is 11.8 Å². The Labute approximate surface area is 114 Å². The van der Waals surface area contributed by atoms with E-state index in [0.717, 1.165) is 19.3 Å². The Bertz CT molecular complexity index is 424. The van der Waals surface area contributed by atoms with Crippen molar-refractivity contribution in [2.75, 3.05) is 0 Å². The van der Waals surface area contributed by atoms with Crippen molar-refractivity contribution in [1.29, 1.82) is 0 Å². The van der Waals surface area contributed by atoms with Crippen LogP contribution in [0.25, 0.3) is 0 Å². The van der Waals surface area contributed by atoms with Crippen LogP contribution in [0.2, 0.25) is 0 Å². The molecule has 0 bridgehead atoms. The topological polar surface area (TPSA) is 74.6 Å². The van der Waals surface area contributed by atoms with Crippen molar-refractivity contribution in [2.45, 2.75) is 59.0 Å². The van der Waals surface area contributed by atoms with Gasteiger partial charge in [-0.15, -0.1) is 0 Å². The summed E-state index contributed by atoms with van der Waals surface area (Å²) in [4.78, 5) is 23.9. The maximum atomic E-state index is 12.2. The number of carboxylic acids is 1. The first-order valence-electron chi connectivity index (χ1n) is 7.02. The van der Waals surface area contributed by atoms with Gasteiger partial charge in [-0.2, -0.15) is 0 Å². The molecule has 0 radical (unpaired) electrons. The minimum Gasteiger partial charge on any atom is -0.481 e. The lowest BCUT2D eigenvalue weighted by Gasteiger charge is -2.58. The SMILES string of the molecule is CC1(C)CCC[C@]2(C)[C@@H](C(=O)O)[C@](C)(O)C(=O)C[C@@H]12. The van der Waals surface area contributed by atoms with E-state index in [2.05, 4.69) is 13.8 Å². The Morgan fingerprint density at radius 1 is 1.21 bits per heavy atom. The van der Waals surface area contributed by atoms with E-state index in [-0.39, 0.29) is 17.1 Å². The fraction of sp³-hybridized carbons (Fsp3) is 0.867. The van der Waals surface area contributed by atoms with Crippen LogP contribution >= 0.6 is 0 Å². The maximum absolute atomic E-state index is 12.2. The molecule has 2 aliphatic carbocycles. The highest BCUT2D eigenvalue weighted by Crippen LogP contribution is 2.61. The molecule has 2 saturated carbocycles. The van der Waals surface area contributed by atoms with E-state index in [1.807, 2.05) is 6.92 Å². The van der Waals surface area contributed by atoms with Gasteiger partial charge in [0, 0.05) is 6.42 Å². The van der Waals surface area contributed by atoms with Crippen LogP contribution in [0.3, 0.4) is 0 Å². The van der Waals surface area contributed by atoms with Gasteiger partial charge in [-0.3, -0.25) is 9.59 Å². The van der Waals surface area contributed by atoms with Crippen LogP contribution in [0, 0.1) is 22.7 Å². The van der Waals surface area contributed by atoms with E-state index in [0.29, 0.717) is 6.42 Å². The Hall–Kier alpha value is -0.900. The molecule has 0 unspecified atom stereocenters.